The van der Waals surface area contributed by atoms with Crippen LogP contribution in [0.3, 0.4) is 0 Å². The van der Waals surface area contributed by atoms with E-state index in [0.717, 1.165) is 10.6 Å². The molecule has 9 aromatic rings. The molecular weight excluding hydrogens is 615 g/mol. The maximum Gasteiger partial charge on any atom is 0.0648 e. The molecule has 1 heterocycles. The van der Waals surface area contributed by atoms with Crippen LogP contribution >= 0.6 is 0 Å². The van der Waals surface area contributed by atoms with Gasteiger partial charge in [-0.25, -0.2) is 0 Å². The Morgan fingerprint density at radius 1 is 0.373 bits per heavy atom. The first kappa shape index (κ1) is 11.8. The standard InChI is InChI=1S/C50H33N/c1-3-13-32(14-4-1)49-41-20-9-7-17-37(41)45-29-33(23-27-43(45)49)34-24-28-44-46(30-34)38-18-8-10-21-42(38)50(44)35-25-26-40-39-19-11-12-22-47(39)51(48(40)31-35)36-15-5-2-6-16-36/h1-31,49-50H/i1D,2D,3D,4D,5D,6D,7D,8D,9D,10D,11D,12D,13D,14D,15D,16D,17D,18D,19D,20D,21D,22D,23D,24D,26D,27D,28D,29D,30D,31D. The van der Waals surface area contributed by atoms with Gasteiger partial charge in [0.1, 0.15) is 0 Å². The monoisotopic (exact) mass is 677 g/mol. The molecule has 1 heteroatoms. The van der Waals surface area contributed by atoms with Gasteiger partial charge < -0.3 is 4.57 Å². The highest BCUT2D eigenvalue weighted by Crippen LogP contribution is 2.52. The van der Waals surface area contributed by atoms with E-state index in [0.29, 0.717) is 0 Å². The number of para-hydroxylation sites is 2. The van der Waals surface area contributed by atoms with Crippen molar-refractivity contribution in [3.63, 3.8) is 0 Å². The Morgan fingerprint density at radius 3 is 1.55 bits per heavy atom. The van der Waals surface area contributed by atoms with E-state index in [-0.39, 0.29) is 5.39 Å². The van der Waals surface area contributed by atoms with Gasteiger partial charge in [0.25, 0.3) is 0 Å². The van der Waals surface area contributed by atoms with Crippen LogP contribution in [0.25, 0.3) is 60.9 Å². The predicted molar refractivity (Wildman–Crippen MR) is 212 cm³/mol. The van der Waals surface area contributed by atoms with Crippen molar-refractivity contribution >= 4 is 21.8 Å². The van der Waals surface area contributed by atoms with Gasteiger partial charge in [0.05, 0.1) is 52.2 Å². The Kier molecular flexibility index (Phi) is 2.56. The lowest BCUT2D eigenvalue weighted by molar-refractivity contribution is 1.01. The fourth-order valence-corrected chi connectivity index (χ4v) is 6.99. The van der Waals surface area contributed by atoms with Crippen LogP contribution in [0.2, 0.25) is 0 Å². The second-order valence-electron chi connectivity index (χ2n) is 11.7. The Bertz CT molecular complexity index is 4480. The maximum absolute atomic E-state index is 10.0. The van der Waals surface area contributed by atoms with Crippen LogP contribution in [0.4, 0.5) is 0 Å². The maximum atomic E-state index is 10.0. The van der Waals surface area contributed by atoms with Crippen LogP contribution in [0, 0.1) is 0 Å². The predicted octanol–water partition coefficient (Wildman–Crippen LogP) is 12.8. The fraction of sp³-hybridized carbons (Fsp3) is 0.0400. The largest absolute Gasteiger partial charge is 0.309 e. The van der Waals surface area contributed by atoms with Gasteiger partial charge in [-0.2, -0.15) is 0 Å². The van der Waals surface area contributed by atoms with E-state index in [1.54, 1.807) is 0 Å². The van der Waals surface area contributed by atoms with Gasteiger partial charge in [-0.3, -0.25) is 0 Å². The summed E-state index contributed by atoms with van der Waals surface area (Å²) >= 11 is 0. The highest BCUT2D eigenvalue weighted by Gasteiger charge is 2.32. The minimum atomic E-state index is -1.85. The highest BCUT2D eigenvalue weighted by molar-refractivity contribution is 6.09. The molecule has 0 saturated carbocycles. The first-order valence-electron chi connectivity index (χ1n) is 30.5. The second kappa shape index (κ2) is 11.0. The third-order valence-corrected chi connectivity index (χ3v) is 9.09. The van der Waals surface area contributed by atoms with Crippen LogP contribution in [0.5, 0.6) is 0 Å². The normalized spacial score (nSPS) is 23.7. The number of nitrogens with zero attached hydrogens (tertiary/aromatic N) is 1. The molecule has 51 heavy (non-hydrogen) atoms. The summed E-state index contributed by atoms with van der Waals surface area (Å²) in [6, 6.07) is -24.4. The molecule has 238 valence electrons. The first-order chi connectivity index (χ1) is 37.8. The first-order valence-corrected chi connectivity index (χ1v) is 15.5. The summed E-state index contributed by atoms with van der Waals surface area (Å²) in [5.41, 5.74) is -8.11. The summed E-state index contributed by atoms with van der Waals surface area (Å²) in [4.78, 5) is 0. The Balaban J connectivity index is 1.28. The molecule has 2 atom stereocenters. The second-order valence-corrected chi connectivity index (χ2v) is 11.7. The zero-order valence-corrected chi connectivity index (χ0v) is 25.7. The van der Waals surface area contributed by atoms with Crippen molar-refractivity contribution in [3.05, 3.63) is 221 Å². The van der Waals surface area contributed by atoms with Gasteiger partial charge >= 0.3 is 0 Å². The van der Waals surface area contributed by atoms with E-state index < -0.39 is 282 Å². The number of hydrogen-bond acceptors (Lipinski definition) is 0. The molecule has 0 spiro atoms. The van der Waals surface area contributed by atoms with Gasteiger partial charge in [-0.05, 0) is 103 Å². The zero-order valence-electron chi connectivity index (χ0n) is 55.7. The van der Waals surface area contributed by atoms with Crippen molar-refractivity contribution < 1.29 is 41.1 Å². The van der Waals surface area contributed by atoms with Crippen molar-refractivity contribution in [2.45, 2.75) is 11.8 Å². The minimum Gasteiger partial charge on any atom is -0.309 e. The summed E-state index contributed by atoms with van der Waals surface area (Å²) < 4.78 is 272. The molecule has 2 aliphatic rings. The van der Waals surface area contributed by atoms with Crippen LogP contribution in [-0.2, 0) is 0 Å². The number of hydrogen-bond donors (Lipinski definition) is 0. The highest BCUT2D eigenvalue weighted by atomic mass is 15.0. The summed E-state index contributed by atoms with van der Waals surface area (Å²) in [5, 5.41) is -0.795. The van der Waals surface area contributed by atoms with Crippen LogP contribution in [0.1, 0.15) is 86.3 Å². The smallest absolute Gasteiger partial charge is 0.0648 e. The van der Waals surface area contributed by atoms with E-state index in [4.69, 9.17) is 27.4 Å². The van der Waals surface area contributed by atoms with E-state index in [1.807, 2.05) is 0 Å². The molecule has 8 aromatic carbocycles. The van der Waals surface area contributed by atoms with Crippen molar-refractivity contribution in [2.24, 2.45) is 0 Å². The topological polar surface area (TPSA) is 4.93 Å². The lowest BCUT2D eigenvalue weighted by Crippen LogP contribution is -2.00. The molecule has 0 fully saturated rings. The Labute approximate surface area is 339 Å². The molecule has 2 unspecified atom stereocenters. The number of aromatic nitrogens is 1. The van der Waals surface area contributed by atoms with Crippen molar-refractivity contribution in [2.75, 3.05) is 0 Å². The summed E-state index contributed by atoms with van der Waals surface area (Å²) in [6.45, 7) is 0. The lowest BCUT2D eigenvalue weighted by Gasteiger charge is -2.16. The van der Waals surface area contributed by atoms with Gasteiger partial charge in [0.15, 0.2) is 0 Å². The molecule has 0 amide bonds. The average Bonchev–Trinajstić information content (AvgIpc) is 2.22. The van der Waals surface area contributed by atoms with Crippen molar-refractivity contribution in [1.82, 2.24) is 4.57 Å². The van der Waals surface area contributed by atoms with E-state index in [9.17, 15) is 13.7 Å². The molecule has 11 rings (SSSR count). The van der Waals surface area contributed by atoms with Gasteiger partial charge in [-0.15, -0.1) is 0 Å². The van der Waals surface area contributed by atoms with Gasteiger partial charge in [0, 0.05) is 28.3 Å². The van der Waals surface area contributed by atoms with E-state index >= 15 is 0 Å². The van der Waals surface area contributed by atoms with Crippen molar-refractivity contribution in [3.8, 4) is 39.1 Å². The molecular formula is C50H33N. The third-order valence-electron chi connectivity index (χ3n) is 9.09. The fourth-order valence-electron chi connectivity index (χ4n) is 6.99. The zero-order chi connectivity index (χ0) is 59.6. The number of rotatable bonds is 4. The molecule has 0 saturated heterocycles. The van der Waals surface area contributed by atoms with E-state index in [1.165, 1.54) is 0 Å². The molecule has 0 N–H and O–H groups in total. The summed E-state index contributed by atoms with van der Waals surface area (Å²) in [5.74, 6) is -3.65. The summed E-state index contributed by atoms with van der Waals surface area (Å²) in [7, 11) is 0. The van der Waals surface area contributed by atoms with Gasteiger partial charge in [0.2, 0.25) is 0 Å². The molecule has 0 radical (unpaired) electrons. The Morgan fingerprint density at radius 2 is 0.882 bits per heavy atom. The average molecular weight is 678 g/mol. The molecule has 1 aromatic heterocycles. The lowest BCUT2D eigenvalue weighted by atomic mass is 9.87. The van der Waals surface area contributed by atoms with Crippen LogP contribution < -0.4 is 0 Å². The quantitative estimate of drug-likeness (QED) is 0.175. The number of benzene rings is 8. The molecule has 2 aliphatic carbocycles. The van der Waals surface area contributed by atoms with Crippen LogP contribution in [-0.4, -0.2) is 4.57 Å². The van der Waals surface area contributed by atoms with Gasteiger partial charge in [-0.1, -0.05) is 151 Å². The molecule has 0 bridgehead atoms. The van der Waals surface area contributed by atoms with Crippen LogP contribution in [0.15, 0.2) is 187 Å². The minimum absolute atomic E-state index is 0.385. The summed E-state index contributed by atoms with van der Waals surface area (Å²) in [6.07, 6.45) is 0. The Hall–Kier alpha value is -6.44. The molecule has 0 aliphatic heterocycles. The van der Waals surface area contributed by atoms with E-state index in [2.05, 4.69) is 0 Å². The molecule has 1 nitrogen and oxygen atoms in total. The number of fused-ring (bicyclic) bond motifs is 9. The third kappa shape index (κ3) is 4.22. The SMILES string of the molecule is [2H]c1c([2H])c([2H])c(C2c3c([2H])c([2H])c([2H])c([2H])c3-c3c([2H])c(-c4c([2H])c([2H])c5c(c4[2H])-c4c([2H])c([2H])c([2H])c([2H])c4C5c4cc([2H])c5c6c([2H])c([2H])c([2H])c([2H])c6n(-c6c([2H])c([2H])c([2H])c([2H])c6[2H])c5c4[2H])c([2H])c([2H])c32)c([2H])c1[2H]. The van der Waals surface area contributed by atoms with Crippen molar-refractivity contribution in [1.29, 1.82) is 0 Å².